The molecular weight excluding hydrogens is 1230 g/mol. The van der Waals surface area contributed by atoms with Gasteiger partial charge >= 0.3 is 37.0 Å². The van der Waals surface area contributed by atoms with Crippen LogP contribution in [0, 0.1) is 26.7 Å². The highest BCUT2D eigenvalue weighted by atomic mass is 19.4. The second-order valence-electron chi connectivity index (χ2n) is 20.9. The Bertz CT molecular complexity index is 4260. The number of carboxylic acid groups (broad SMARTS) is 2. The first-order valence-corrected chi connectivity index (χ1v) is 27.9. The molecule has 0 aliphatic rings. The van der Waals surface area contributed by atoms with Crippen molar-refractivity contribution in [3.63, 3.8) is 0 Å². The minimum absolute atomic E-state index is 0.0256. The van der Waals surface area contributed by atoms with E-state index in [-0.39, 0.29) is 52.0 Å². The fourth-order valence-electron chi connectivity index (χ4n) is 10.5. The molecule has 0 amide bonds. The summed E-state index contributed by atoms with van der Waals surface area (Å²) < 4.78 is 132. The number of carbonyl (C=O) groups excluding carboxylic acids is 4. The van der Waals surface area contributed by atoms with Crippen LogP contribution < -0.4 is 18.9 Å². The number of fused-ring (bicyclic) bond motifs is 3. The third-order valence-electron chi connectivity index (χ3n) is 14.7. The van der Waals surface area contributed by atoms with E-state index in [0.29, 0.717) is 79.3 Å². The van der Waals surface area contributed by atoms with Crippen molar-refractivity contribution in [3.05, 3.63) is 172 Å². The Morgan fingerprint density at radius 3 is 1.32 bits per heavy atom. The quantitative estimate of drug-likeness (QED) is 0.0445. The van der Waals surface area contributed by atoms with E-state index in [0.717, 1.165) is 49.2 Å². The van der Waals surface area contributed by atoms with Gasteiger partial charge in [0.15, 0.2) is 5.75 Å². The van der Waals surface area contributed by atoms with Crippen molar-refractivity contribution in [3.8, 4) is 40.2 Å². The first-order valence-electron chi connectivity index (χ1n) is 27.9. The molecule has 2 atom stereocenters. The van der Waals surface area contributed by atoms with E-state index in [4.69, 9.17) is 9.84 Å². The lowest BCUT2D eigenvalue weighted by Gasteiger charge is -2.20. The third kappa shape index (κ3) is 15.9. The molecule has 3 aromatic heterocycles. The van der Waals surface area contributed by atoms with Gasteiger partial charge in [-0.25, -0.2) is 0 Å². The lowest BCUT2D eigenvalue weighted by Crippen LogP contribution is -2.21. The Balaban J connectivity index is 0.000000196. The number of phenols is 3. The molecule has 92 heavy (non-hydrogen) atoms. The van der Waals surface area contributed by atoms with Crippen LogP contribution in [0.15, 0.2) is 121 Å². The van der Waals surface area contributed by atoms with E-state index >= 15 is 0 Å². The minimum atomic E-state index is -4.85. The SMILES string of the molecule is CCC(C)C(C(=O)O)c1c(C)n(C(=O)c2ccc(OC(F)(F)F)cc2)c2ccc(O)cc12.CCCCc1c(O)ccc2c1c(OC(C)=O)c(C)n2C(=O)c1ccc(OC(F)(F)F)cc1.Cc1c(CC(=O)O)c2cc(O)ccc2n1C(=O)c1ccc(OC(F)(F)F)cc1. The predicted octanol–water partition coefficient (Wildman–Crippen LogP) is 14.8. The Morgan fingerprint density at radius 1 is 0.522 bits per heavy atom. The number of ether oxygens (including phenoxy) is 4. The number of esters is 1. The first-order chi connectivity index (χ1) is 43.0. The summed E-state index contributed by atoms with van der Waals surface area (Å²) in [5.74, 6) is -6.88. The molecule has 0 fully saturated rings. The Morgan fingerprint density at radius 2 is 0.924 bits per heavy atom. The maximum atomic E-state index is 13.3. The lowest BCUT2D eigenvalue weighted by atomic mass is 9.84. The van der Waals surface area contributed by atoms with Gasteiger partial charge in [-0.15, -0.1) is 39.5 Å². The summed E-state index contributed by atoms with van der Waals surface area (Å²) in [5.41, 5.74) is 3.91. The van der Waals surface area contributed by atoms with Crippen molar-refractivity contribution in [1.82, 2.24) is 13.7 Å². The van der Waals surface area contributed by atoms with E-state index in [2.05, 4.69) is 14.2 Å². The molecule has 0 spiro atoms. The fourth-order valence-corrected chi connectivity index (χ4v) is 10.5. The molecule has 0 radical (unpaired) electrons. The highest BCUT2D eigenvalue weighted by Crippen LogP contribution is 2.42. The molecule has 3 heterocycles. The number of alkyl halides is 9. The topological polar surface area (TPSA) is 255 Å². The van der Waals surface area contributed by atoms with Gasteiger partial charge in [0.1, 0.15) is 34.5 Å². The number of carbonyl (C=O) groups is 6. The van der Waals surface area contributed by atoms with E-state index in [1.165, 1.54) is 99.5 Å². The zero-order valence-corrected chi connectivity index (χ0v) is 49.8. The molecule has 27 heteroatoms. The van der Waals surface area contributed by atoms with Gasteiger partial charge in [0, 0.05) is 51.3 Å². The zero-order chi connectivity index (χ0) is 68.1. The average molecular weight is 1290 g/mol. The molecule has 0 saturated heterocycles. The van der Waals surface area contributed by atoms with E-state index in [1.807, 2.05) is 13.8 Å². The highest BCUT2D eigenvalue weighted by Gasteiger charge is 2.36. The highest BCUT2D eigenvalue weighted by molar-refractivity contribution is 6.08. The lowest BCUT2D eigenvalue weighted by molar-refractivity contribution is -0.275. The molecule has 486 valence electrons. The van der Waals surface area contributed by atoms with Gasteiger partial charge in [-0.3, -0.25) is 42.5 Å². The van der Waals surface area contributed by atoms with Crippen LogP contribution in [0.4, 0.5) is 39.5 Å². The Labute approximate surface area is 516 Å². The van der Waals surface area contributed by atoms with Crippen LogP contribution in [-0.2, 0) is 27.2 Å². The maximum absolute atomic E-state index is 13.3. The number of phenolic OH excluding ortho intramolecular Hbond substituents is 3. The van der Waals surface area contributed by atoms with Crippen LogP contribution in [0.2, 0.25) is 0 Å². The number of aromatic nitrogens is 3. The summed E-state index contributed by atoms with van der Waals surface area (Å²) in [7, 11) is 0. The number of nitrogens with zero attached hydrogens (tertiary/aromatic N) is 3. The molecule has 18 nitrogen and oxygen atoms in total. The standard InChI is InChI=1S/2C23H22F3NO5.C19H14F3NO5/c1-4-12(2)19(22(30)31)20-13(3)27(18-10-7-15(28)11-17(18)20)21(29)14-5-8-16(9-6-14)32-23(24,25)26;1-4-5-6-17-19(29)12-11-18-20(17)21(31-14(3)28)13(2)27(18)22(30)15-7-9-16(10-8-15)32-23(24,25)26;1-10-14(9-17(25)26)15-8-12(24)4-7-16(15)23(10)18(27)11-2-5-13(6-3-11)28-19(20,21)22/h5-12,19,28H,4H2,1-3H3,(H,30,31);7-12,29H,4-6H2,1-3H3;2-8,24H,9H2,1H3,(H,25,26). The monoisotopic (exact) mass is 1290 g/mol. The molecule has 9 rings (SSSR count). The summed E-state index contributed by atoms with van der Waals surface area (Å²) in [6, 6.07) is 25.0. The number of unbranched alkanes of at least 4 members (excludes halogenated alkanes) is 1. The molecule has 5 N–H and O–H groups in total. The molecule has 9 aromatic rings. The van der Waals surface area contributed by atoms with Crippen molar-refractivity contribution >= 4 is 68.3 Å². The van der Waals surface area contributed by atoms with Gasteiger partial charge in [-0.2, -0.15) is 0 Å². The van der Waals surface area contributed by atoms with E-state index < -0.39 is 77.9 Å². The van der Waals surface area contributed by atoms with Crippen LogP contribution in [0.25, 0.3) is 32.7 Å². The number of aryl methyl sites for hydroxylation is 1. The van der Waals surface area contributed by atoms with Crippen molar-refractivity contribution in [1.29, 1.82) is 0 Å². The van der Waals surface area contributed by atoms with Gasteiger partial charge in [-0.1, -0.05) is 33.6 Å². The van der Waals surface area contributed by atoms with Crippen molar-refractivity contribution in [2.24, 2.45) is 5.92 Å². The average Bonchev–Trinajstić information content (AvgIpc) is 1.61. The van der Waals surface area contributed by atoms with E-state index in [9.17, 15) is 88.7 Å². The summed E-state index contributed by atoms with van der Waals surface area (Å²) in [6.45, 7) is 11.7. The van der Waals surface area contributed by atoms with Crippen LogP contribution >= 0.6 is 0 Å². The van der Waals surface area contributed by atoms with Crippen LogP contribution in [0.1, 0.15) is 118 Å². The number of hydrogen-bond acceptors (Lipinski definition) is 13. The summed E-state index contributed by atoms with van der Waals surface area (Å²) in [6.07, 6.45) is -12.2. The van der Waals surface area contributed by atoms with Crippen molar-refractivity contribution < 1.29 is 113 Å². The smallest absolute Gasteiger partial charge is 0.508 e. The van der Waals surface area contributed by atoms with Gasteiger partial charge in [0.25, 0.3) is 17.7 Å². The van der Waals surface area contributed by atoms with Gasteiger partial charge in [0.05, 0.1) is 40.0 Å². The third-order valence-corrected chi connectivity index (χ3v) is 14.7. The second kappa shape index (κ2) is 27.7. The largest absolute Gasteiger partial charge is 0.573 e. The number of halogens is 9. The van der Waals surface area contributed by atoms with Gasteiger partial charge in [-0.05, 0) is 172 Å². The second-order valence-corrected chi connectivity index (χ2v) is 20.9. The normalized spacial score (nSPS) is 12.3. The molecule has 0 saturated carbocycles. The van der Waals surface area contributed by atoms with Crippen LogP contribution in [0.5, 0.6) is 40.2 Å². The summed E-state index contributed by atoms with van der Waals surface area (Å²) in [5, 5.41) is 50.5. The molecule has 0 bridgehead atoms. The summed E-state index contributed by atoms with van der Waals surface area (Å²) in [4.78, 5) is 74.6. The van der Waals surface area contributed by atoms with Gasteiger partial charge in [0.2, 0.25) is 0 Å². The fraction of sp³-hybridized carbons (Fsp3) is 0.262. The number of aliphatic carboxylic acids is 2. The number of rotatable bonds is 16. The maximum Gasteiger partial charge on any atom is 0.573 e. The minimum Gasteiger partial charge on any atom is -0.508 e. The Hall–Kier alpha value is -10.5. The van der Waals surface area contributed by atoms with E-state index in [1.54, 1.807) is 33.8 Å². The number of carboxylic acids is 2. The van der Waals surface area contributed by atoms with Gasteiger partial charge < -0.3 is 44.5 Å². The molecule has 2 unspecified atom stereocenters. The number of hydrogen-bond donors (Lipinski definition) is 5. The van der Waals surface area contributed by atoms with Crippen LogP contribution in [-0.4, -0.2) is 94.0 Å². The summed E-state index contributed by atoms with van der Waals surface area (Å²) >= 11 is 0. The molecule has 0 aliphatic heterocycles. The van der Waals surface area contributed by atoms with Crippen molar-refractivity contribution in [2.75, 3.05) is 0 Å². The first kappa shape index (κ1) is 69.0. The predicted molar refractivity (Wildman–Crippen MR) is 315 cm³/mol. The molecule has 6 aromatic carbocycles. The number of aromatic hydroxyl groups is 3. The molecule has 0 aliphatic carbocycles. The van der Waals surface area contributed by atoms with Crippen LogP contribution in [0.3, 0.4) is 0 Å². The number of benzene rings is 6. The zero-order valence-electron chi connectivity index (χ0n) is 49.8. The van der Waals surface area contributed by atoms with Crippen molar-refractivity contribution in [2.45, 2.75) is 106 Å². The molecular formula is C65H58F9N3O15. The Kier molecular flexibility index (Phi) is 20.8.